The highest BCUT2D eigenvalue weighted by Gasteiger charge is 1.90. The molecule has 0 unspecified atom stereocenters. The molecule has 0 aromatic carbocycles. The molecule has 0 aliphatic carbocycles. The third-order valence-corrected chi connectivity index (χ3v) is 1.95. The third-order valence-electron chi connectivity index (χ3n) is 1.95. The molecule has 0 aliphatic rings. The van der Waals surface area contributed by atoms with Crippen LogP contribution in [0.3, 0.4) is 0 Å². The molecule has 0 saturated carbocycles. The fourth-order valence-corrected chi connectivity index (χ4v) is 1.12. The van der Waals surface area contributed by atoms with Crippen LogP contribution in [0, 0.1) is 0 Å². The van der Waals surface area contributed by atoms with E-state index in [1.165, 1.54) is 37.7 Å². The highest BCUT2D eigenvalue weighted by Crippen LogP contribution is 2.10. The summed E-state index contributed by atoms with van der Waals surface area (Å²) >= 11 is 0. The summed E-state index contributed by atoms with van der Waals surface area (Å²) in [7, 11) is 0. The Kier molecular flexibility index (Phi) is 7.23. The summed E-state index contributed by atoms with van der Waals surface area (Å²) in [4.78, 5) is 0. The first-order valence-electron chi connectivity index (χ1n) is 4.62. The fraction of sp³-hybridized carbons (Fsp3) is 0.636. The van der Waals surface area contributed by atoms with Crippen molar-refractivity contribution in [3.63, 3.8) is 0 Å². The summed E-state index contributed by atoms with van der Waals surface area (Å²) in [5.74, 6) is 0. The molecule has 0 N–H and O–H groups in total. The quantitative estimate of drug-likeness (QED) is 0.397. The predicted octanol–water partition coefficient (Wildman–Crippen LogP) is 4.09. The molecule has 0 spiro atoms. The van der Waals surface area contributed by atoms with Crippen LogP contribution in [-0.2, 0) is 0 Å². The molecule has 0 atom stereocenters. The third kappa shape index (κ3) is 5.90. The highest BCUT2D eigenvalue weighted by molar-refractivity contribution is 5.14. The smallest absolute Gasteiger partial charge is 0.0282 e. The molecular weight excluding hydrogens is 132 g/mol. The van der Waals surface area contributed by atoms with Crippen molar-refractivity contribution in [1.29, 1.82) is 0 Å². The van der Waals surface area contributed by atoms with Gasteiger partial charge in [-0.05, 0) is 19.8 Å². The standard InChI is InChI=1S/C11H20/c1-4-7-8-9-10-11(5-2)6-3/h5-6H,2,4,7-10H2,1,3H3. The number of rotatable bonds is 6. The van der Waals surface area contributed by atoms with Crippen molar-refractivity contribution in [3.05, 3.63) is 24.3 Å². The molecule has 0 aromatic heterocycles. The first kappa shape index (κ1) is 10.5. The molecule has 0 heteroatoms. The SMILES string of the molecule is C=CC(=CC)CCCCCC. The van der Waals surface area contributed by atoms with Crippen LogP contribution in [0.5, 0.6) is 0 Å². The van der Waals surface area contributed by atoms with Crippen molar-refractivity contribution in [2.24, 2.45) is 0 Å². The Morgan fingerprint density at radius 3 is 2.45 bits per heavy atom. The van der Waals surface area contributed by atoms with Crippen LogP contribution in [0.4, 0.5) is 0 Å². The first-order valence-corrected chi connectivity index (χ1v) is 4.62. The van der Waals surface area contributed by atoms with E-state index in [-0.39, 0.29) is 0 Å². The molecule has 64 valence electrons. The minimum absolute atomic E-state index is 1.21. The zero-order valence-electron chi connectivity index (χ0n) is 7.90. The Hall–Kier alpha value is -0.520. The van der Waals surface area contributed by atoms with E-state index in [0.717, 1.165) is 0 Å². The minimum Gasteiger partial charge on any atom is -0.0988 e. The molecule has 0 aliphatic heterocycles. The molecule has 0 nitrogen and oxygen atoms in total. The molecule has 0 radical (unpaired) electrons. The van der Waals surface area contributed by atoms with Crippen molar-refractivity contribution in [2.75, 3.05) is 0 Å². The van der Waals surface area contributed by atoms with E-state index in [0.29, 0.717) is 0 Å². The minimum atomic E-state index is 1.21. The Morgan fingerprint density at radius 2 is 2.00 bits per heavy atom. The Morgan fingerprint density at radius 1 is 1.27 bits per heavy atom. The van der Waals surface area contributed by atoms with Gasteiger partial charge in [0.15, 0.2) is 0 Å². The van der Waals surface area contributed by atoms with Gasteiger partial charge in [0.2, 0.25) is 0 Å². The van der Waals surface area contributed by atoms with Gasteiger partial charge in [-0.15, -0.1) is 0 Å². The monoisotopic (exact) mass is 152 g/mol. The van der Waals surface area contributed by atoms with Gasteiger partial charge in [0.1, 0.15) is 0 Å². The van der Waals surface area contributed by atoms with Crippen LogP contribution < -0.4 is 0 Å². The molecule has 0 saturated heterocycles. The normalized spacial score (nSPS) is 11.6. The molecular formula is C11H20. The van der Waals surface area contributed by atoms with E-state index in [4.69, 9.17) is 0 Å². The van der Waals surface area contributed by atoms with Crippen molar-refractivity contribution < 1.29 is 0 Å². The van der Waals surface area contributed by atoms with Crippen LogP contribution in [0.1, 0.15) is 46.0 Å². The Bertz CT molecular complexity index is 120. The van der Waals surface area contributed by atoms with E-state index in [1.807, 2.05) is 6.08 Å². The molecule has 0 bridgehead atoms. The van der Waals surface area contributed by atoms with Crippen LogP contribution in [0.25, 0.3) is 0 Å². The van der Waals surface area contributed by atoms with Crippen molar-refractivity contribution in [1.82, 2.24) is 0 Å². The van der Waals surface area contributed by atoms with E-state index in [2.05, 4.69) is 26.5 Å². The number of hydrogen-bond donors (Lipinski definition) is 0. The zero-order chi connectivity index (χ0) is 8.53. The zero-order valence-corrected chi connectivity index (χ0v) is 7.90. The second-order valence-electron chi connectivity index (χ2n) is 2.88. The lowest BCUT2D eigenvalue weighted by atomic mass is 10.1. The summed E-state index contributed by atoms with van der Waals surface area (Å²) in [6, 6.07) is 0. The average molecular weight is 152 g/mol. The van der Waals surface area contributed by atoms with E-state index >= 15 is 0 Å². The largest absolute Gasteiger partial charge is 0.0988 e. The Balaban J connectivity index is 3.29. The topological polar surface area (TPSA) is 0 Å². The number of unbranched alkanes of at least 4 members (excludes halogenated alkanes) is 3. The lowest BCUT2D eigenvalue weighted by molar-refractivity contribution is 0.668. The first-order chi connectivity index (χ1) is 5.35. The van der Waals surface area contributed by atoms with Crippen LogP contribution in [0.2, 0.25) is 0 Å². The Labute approximate surface area is 71.0 Å². The predicted molar refractivity (Wildman–Crippen MR) is 52.7 cm³/mol. The van der Waals surface area contributed by atoms with E-state index in [9.17, 15) is 0 Å². The van der Waals surface area contributed by atoms with Gasteiger partial charge in [-0.3, -0.25) is 0 Å². The average Bonchev–Trinajstić information content (AvgIpc) is 2.05. The maximum Gasteiger partial charge on any atom is -0.0282 e. The van der Waals surface area contributed by atoms with Gasteiger partial charge < -0.3 is 0 Å². The van der Waals surface area contributed by atoms with Gasteiger partial charge in [0.05, 0.1) is 0 Å². The van der Waals surface area contributed by atoms with Crippen LogP contribution >= 0.6 is 0 Å². The van der Waals surface area contributed by atoms with Gasteiger partial charge in [-0.25, -0.2) is 0 Å². The number of hydrogen-bond acceptors (Lipinski definition) is 0. The molecule has 0 heterocycles. The summed E-state index contributed by atoms with van der Waals surface area (Å²) in [5, 5.41) is 0. The lowest BCUT2D eigenvalue weighted by Crippen LogP contribution is -1.79. The van der Waals surface area contributed by atoms with Crippen LogP contribution in [-0.4, -0.2) is 0 Å². The number of allylic oxidation sites excluding steroid dienone is 3. The van der Waals surface area contributed by atoms with Gasteiger partial charge >= 0.3 is 0 Å². The highest BCUT2D eigenvalue weighted by atomic mass is 14.0. The van der Waals surface area contributed by atoms with E-state index < -0.39 is 0 Å². The summed E-state index contributed by atoms with van der Waals surface area (Å²) in [5.41, 5.74) is 1.39. The molecule has 0 rings (SSSR count). The van der Waals surface area contributed by atoms with Crippen molar-refractivity contribution >= 4 is 0 Å². The van der Waals surface area contributed by atoms with Crippen LogP contribution in [0.15, 0.2) is 24.3 Å². The van der Waals surface area contributed by atoms with E-state index in [1.54, 1.807) is 0 Å². The van der Waals surface area contributed by atoms with Gasteiger partial charge in [-0.2, -0.15) is 0 Å². The van der Waals surface area contributed by atoms with Crippen molar-refractivity contribution in [3.8, 4) is 0 Å². The summed E-state index contributed by atoms with van der Waals surface area (Å²) in [6.45, 7) is 8.08. The lowest BCUT2D eigenvalue weighted by Gasteiger charge is -1.99. The second-order valence-corrected chi connectivity index (χ2v) is 2.88. The van der Waals surface area contributed by atoms with Gasteiger partial charge in [0.25, 0.3) is 0 Å². The molecule has 0 aromatic rings. The second kappa shape index (κ2) is 7.59. The summed E-state index contributed by atoms with van der Waals surface area (Å²) in [6.07, 6.45) is 10.7. The van der Waals surface area contributed by atoms with Gasteiger partial charge in [0, 0.05) is 0 Å². The summed E-state index contributed by atoms with van der Waals surface area (Å²) < 4.78 is 0. The van der Waals surface area contributed by atoms with Crippen molar-refractivity contribution in [2.45, 2.75) is 46.0 Å². The molecule has 0 amide bonds. The fourth-order valence-electron chi connectivity index (χ4n) is 1.12. The maximum absolute atomic E-state index is 3.76. The molecule has 11 heavy (non-hydrogen) atoms. The van der Waals surface area contributed by atoms with Gasteiger partial charge in [-0.1, -0.05) is 50.5 Å². The maximum atomic E-state index is 3.76. The molecule has 0 fully saturated rings.